The van der Waals surface area contributed by atoms with Crippen molar-refractivity contribution in [2.45, 2.75) is 26.8 Å². The van der Waals surface area contributed by atoms with E-state index in [1.165, 1.54) is 5.56 Å². The first-order valence-corrected chi connectivity index (χ1v) is 7.80. The van der Waals surface area contributed by atoms with Crippen LogP contribution in [0.15, 0.2) is 46.9 Å². The Morgan fingerprint density at radius 2 is 1.71 bits per heavy atom. The molecular weight excluding hydrogens is 326 g/mol. The van der Waals surface area contributed by atoms with Crippen molar-refractivity contribution in [2.75, 3.05) is 7.05 Å². The highest BCUT2D eigenvalue weighted by molar-refractivity contribution is 9.10. The highest BCUT2D eigenvalue weighted by Crippen LogP contribution is 2.25. The minimum atomic E-state index is 0.0384. The predicted molar refractivity (Wildman–Crippen MR) is 90.6 cm³/mol. The van der Waals surface area contributed by atoms with Crippen LogP contribution in [0.25, 0.3) is 0 Å². The molecule has 0 aliphatic rings. The van der Waals surface area contributed by atoms with Crippen LogP contribution in [0.1, 0.15) is 40.0 Å². The Balaban J connectivity index is 2.26. The fourth-order valence-corrected chi connectivity index (χ4v) is 2.64. The van der Waals surface area contributed by atoms with Gasteiger partial charge in [-0.25, -0.2) is 0 Å². The summed E-state index contributed by atoms with van der Waals surface area (Å²) in [6.45, 7) is 6.08. The Hall–Kier alpha value is -1.61. The van der Waals surface area contributed by atoms with Gasteiger partial charge in [0, 0.05) is 17.1 Å². The highest BCUT2D eigenvalue weighted by Gasteiger charge is 2.20. The van der Waals surface area contributed by atoms with Crippen LogP contribution in [-0.2, 0) is 0 Å². The maximum atomic E-state index is 12.7. The van der Waals surface area contributed by atoms with Crippen LogP contribution in [0.3, 0.4) is 0 Å². The lowest BCUT2D eigenvalue weighted by Gasteiger charge is -2.26. The molecule has 0 saturated heterocycles. The molecule has 2 aromatic rings. The average molecular weight is 346 g/mol. The van der Waals surface area contributed by atoms with E-state index in [1.54, 1.807) is 4.90 Å². The van der Waals surface area contributed by atoms with Gasteiger partial charge < -0.3 is 4.90 Å². The first-order valence-electron chi connectivity index (χ1n) is 7.00. The Morgan fingerprint density at radius 1 is 1.10 bits per heavy atom. The van der Waals surface area contributed by atoms with Crippen LogP contribution >= 0.6 is 15.9 Å². The lowest BCUT2D eigenvalue weighted by atomic mass is 10.0. The summed E-state index contributed by atoms with van der Waals surface area (Å²) in [5, 5.41) is 0. The zero-order valence-corrected chi connectivity index (χ0v) is 14.4. The second-order valence-corrected chi connectivity index (χ2v) is 6.27. The van der Waals surface area contributed by atoms with Crippen molar-refractivity contribution in [3.63, 3.8) is 0 Å². The van der Waals surface area contributed by atoms with Gasteiger partial charge in [-0.1, -0.05) is 51.8 Å². The van der Waals surface area contributed by atoms with Crippen LogP contribution in [-0.4, -0.2) is 17.9 Å². The molecule has 21 heavy (non-hydrogen) atoms. The first kappa shape index (κ1) is 15.8. The van der Waals surface area contributed by atoms with Crippen LogP contribution in [0, 0.1) is 13.8 Å². The molecule has 0 aliphatic carbocycles. The molecule has 0 aliphatic heterocycles. The molecule has 0 N–H and O–H groups in total. The van der Waals surface area contributed by atoms with Crippen LogP contribution in [0.2, 0.25) is 0 Å². The zero-order chi connectivity index (χ0) is 15.6. The number of halogens is 1. The molecule has 2 nitrogen and oxygen atoms in total. The monoisotopic (exact) mass is 345 g/mol. The Kier molecular flexibility index (Phi) is 4.84. The number of benzene rings is 2. The molecule has 3 heteroatoms. The number of nitrogens with zero attached hydrogens (tertiary/aromatic N) is 1. The molecule has 2 aromatic carbocycles. The van der Waals surface area contributed by atoms with E-state index >= 15 is 0 Å². The summed E-state index contributed by atoms with van der Waals surface area (Å²) in [5.74, 6) is 0.0434. The summed E-state index contributed by atoms with van der Waals surface area (Å²) in [5.41, 5.74) is 4.09. The third-order valence-corrected chi connectivity index (χ3v) is 4.82. The van der Waals surface area contributed by atoms with Crippen molar-refractivity contribution in [1.82, 2.24) is 4.90 Å². The van der Waals surface area contributed by atoms with Crippen molar-refractivity contribution >= 4 is 21.8 Å². The highest BCUT2D eigenvalue weighted by atomic mass is 79.9. The van der Waals surface area contributed by atoms with E-state index < -0.39 is 0 Å². The normalized spacial score (nSPS) is 12.0. The minimum absolute atomic E-state index is 0.0384. The molecular formula is C18H20BrNO. The minimum Gasteiger partial charge on any atom is -0.335 e. The van der Waals surface area contributed by atoms with Gasteiger partial charge in [0.15, 0.2) is 0 Å². The van der Waals surface area contributed by atoms with E-state index in [2.05, 4.69) is 54.0 Å². The van der Waals surface area contributed by atoms with E-state index in [0.717, 1.165) is 21.2 Å². The summed E-state index contributed by atoms with van der Waals surface area (Å²) in [4.78, 5) is 14.5. The quantitative estimate of drug-likeness (QED) is 0.774. The van der Waals surface area contributed by atoms with Gasteiger partial charge in [-0.05, 0) is 44.0 Å². The van der Waals surface area contributed by atoms with Gasteiger partial charge in [0.05, 0.1) is 6.04 Å². The topological polar surface area (TPSA) is 20.3 Å². The van der Waals surface area contributed by atoms with Gasteiger partial charge in [0.2, 0.25) is 0 Å². The molecule has 0 radical (unpaired) electrons. The molecule has 1 amide bonds. The summed E-state index contributed by atoms with van der Waals surface area (Å²) in [6, 6.07) is 14.1. The number of carbonyl (C=O) groups excluding carboxylic acids is 1. The van der Waals surface area contributed by atoms with E-state index in [9.17, 15) is 4.79 Å². The Bertz CT molecular complexity index is 649. The predicted octanol–water partition coefficient (Wildman–Crippen LogP) is 4.90. The lowest BCUT2D eigenvalue weighted by Crippen LogP contribution is -2.30. The fourth-order valence-electron chi connectivity index (χ4n) is 2.27. The number of aryl methyl sites for hydroxylation is 1. The summed E-state index contributed by atoms with van der Waals surface area (Å²) < 4.78 is 0.963. The van der Waals surface area contributed by atoms with E-state index in [0.29, 0.717) is 0 Å². The van der Waals surface area contributed by atoms with Crippen molar-refractivity contribution in [3.05, 3.63) is 69.2 Å². The first-order chi connectivity index (χ1) is 9.91. The van der Waals surface area contributed by atoms with E-state index in [-0.39, 0.29) is 11.9 Å². The molecule has 0 spiro atoms. The molecule has 1 atom stereocenters. The molecule has 0 heterocycles. The molecule has 0 saturated carbocycles. The molecule has 110 valence electrons. The van der Waals surface area contributed by atoms with Gasteiger partial charge in [0.1, 0.15) is 0 Å². The van der Waals surface area contributed by atoms with Crippen molar-refractivity contribution < 1.29 is 4.79 Å². The molecule has 1 unspecified atom stereocenters. The standard InChI is InChI=1S/C18H20BrNO/c1-12-8-10-15(11-9-12)14(3)20(4)18(21)16-6-5-7-17(19)13(16)2/h5-11,14H,1-4H3. The molecule has 0 fully saturated rings. The average Bonchev–Trinajstić information content (AvgIpc) is 2.48. The SMILES string of the molecule is Cc1ccc(C(C)N(C)C(=O)c2cccc(Br)c2C)cc1. The number of amides is 1. The number of carbonyl (C=O) groups is 1. The summed E-state index contributed by atoms with van der Waals surface area (Å²) in [6.07, 6.45) is 0. The largest absolute Gasteiger partial charge is 0.335 e. The van der Waals surface area contributed by atoms with E-state index in [1.807, 2.05) is 32.2 Å². The second-order valence-electron chi connectivity index (χ2n) is 5.42. The summed E-state index contributed by atoms with van der Waals surface area (Å²) in [7, 11) is 1.85. The molecule has 0 bridgehead atoms. The zero-order valence-electron chi connectivity index (χ0n) is 12.9. The Labute approximate surface area is 134 Å². The van der Waals surface area contributed by atoms with Gasteiger partial charge in [-0.15, -0.1) is 0 Å². The smallest absolute Gasteiger partial charge is 0.254 e. The number of rotatable bonds is 3. The van der Waals surface area contributed by atoms with Crippen LogP contribution in [0.4, 0.5) is 0 Å². The third kappa shape index (κ3) is 3.35. The van der Waals surface area contributed by atoms with Crippen molar-refractivity contribution in [2.24, 2.45) is 0 Å². The van der Waals surface area contributed by atoms with Crippen molar-refractivity contribution in [3.8, 4) is 0 Å². The van der Waals surface area contributed by atoms with Crippen LogP contribution < -0.4 is 0 Å². The number of hydrogen-bond donors (Lipinski definition) is 0. The molecule has 2 rings (SSSR count). The molecule has 0 aromatic heterocycles. The van der Waals surface area contributed by atoms with Gasteiger partial charge in [-0.3, -0.25) is 4.79 Å². The number of hydrogen-bond acceptors (Lipinski definition) is 1. The van der Waals surface area contributed by atoms with Crippen molar-refractivity contribution in [1.29, 1.82) is 0 Å². The Morgan fingerprint density at radius 3 is 2.33 bits per heavy atom. The van der Waals surface area contributed by atoms with Gasteiger partial charge in [-0.2, -0.15) is 0 Å². The second kappa shape index (κ2) is 6.44. The summed E-state index contributed by atoms with van der Waals surface area (Å²) >= 11 is 3.48. The van der Waals surface area contributed by atoms with E-state index in [4.69, 9.17) is 0 Å². The van der Waals surface area contributed by atoms with Crippen LogP contribution in [0.5, 0.6) is 0 Å². The maximum Gasteiger partial charge on any atom is 0.254 e. The third-order valence-electron chi connectivity index (χ3n) is 3.96. The van der Waals surface area contributed by atoms with Gasteiger partial charge in [0.25, 0.3) is 5.91 Å². The lowest BCUT2D eigenvalue weighted by molar-refractivity contribution is 0.0742. The van der Waals surface area contributed by atoms with Gasteiger partial charge >= 0.3 is 0 Å². The maximum absolute atomic E-state index is 12.7. The fraction of sp³-hybridized carbons (Fsp3) is 0.278.